The lowest BCUT2D eigenvalue weighted by atomic mass is 10.0. The van der Waals surface area contributed by atoms with Crippen molar-refractivity contribution in [2.24, 2.45) is 5.92 Å². The molecule has 0 spiro atoms. The molecule has 17 heavy (non-hydrogen) atoms. The van der Waals surface area contributed by atoms with Gasteiger partial charge < -0.3 is 10.2 Å². The third-order valence-corrected chi connectivity index (χ3v) is 3.15. The molecule has 1 heterocycles. The zero-order chi connectivity index (χ0) is 13.0. The first-order valence-electron chi connectivity index (χ1n) is 6.00. The van der Waals surface area contributed by atoms with Crippen LogP contribution in [0.1, 0.15) is 33.6 Å². The molecule has 5 heteroatoms. The van der Waals surface area contributed by atoms with Gasteiger partial charge in [-0.15, -0.1) is 0 Å². The molecular weight excluding hydrogens is 220 g/mol. The normalized spacial score (nSPS) is 23.6. The highest BCUT2D eigenvalue weighted by Gasteiger charge is 2.36. The van der Waals surface area contributed by atoms with Crippen molar-refractivity contribution < 1.29 is 14.4 Å². The van der Waals surface area contributed by atoms with Crippen LogP contribution in [-0.4, -0.2) is 41.6 Å². The van der Waals surface area contributed by atoms with Gasteiger partial charge in [-0.1, -0.05) is 6.92 Å². The molecular formula is C12H20N2O3. The Morgan fingerprint density at radius 1 is 1.29 bits per heavy atom. The van der Waals surface area contributed by atoms with Gasteiger partial charge >= 0.3 is 0 Å². The molecule has 1 rings (SSSR count). The average Bonchev–Trinajstić information content (AvgIpc) is 2.69. The third kappa shape index (κ3) is 3.54. The van der Waals surface area contributed by atoms with Gasteiger partial charge in [-0.25, -0.2) is 0 Å². The Morgan fingerprint density at radius 2 is 1.94 bits per heavy atom. The molecule has 0 aliphatic carbocycles. The SMILES string of the molecule is CCC(=O)[C@@H]1CC(CNC(C)=O)CN1C(C)=O. The lowest BCUT2D eigenvalue weighted by Crippen LogP contribution is -2.39. The van der Waals surface area contributed by atoms with Crippen LogP contribution in [-0.2, 0) is 14.4 Å². The van der Waals surface area contributed by atoms with Gasteiger partial charge in [0, 0.05) is 33.4 Å². The average molecular weight is 240 g/mol. The fourth-order valence-corrected chi connectivity index (χ4v) is 2.25. The first-order valence-corrected chi connectivity index (χ1v) is 6.00. The number of carbonyl (C=O) groups is 3. The van der Waals surface area contributed by atoms with Gasteiger partial charge in [0.25, 0.3) is 0 Å². The molecule has 2 amide bonds. The lowest BCUT2D eigenvalue weighted by Gasteiger charge is -2.21. The van der Waals surface area contributed by atoms with Crippen molar-refractivity contribution in [1.82, 2.24) is 10.2 Å². The number of rotatable bonds is 4. The van der Waals surface area contributed by atoms with Crippen LogP contribution in [0.15, 0.2) is 0 Å². The number of amides is 2. The maximum absolute atomic E-state index is 11.7. The number of hydrogen-bond acceptors (Lipinski definition) is 3. The number of carbonyl (C=O) groups excluding carboxylic acids is 3. The van der Waals surface area contributed by atoms with Crippen molar-refractivity contribution in [2.45, 2.75) is 39.7 Å². The summed E-state index contributed by atoms with van der Waals surface area (Å²) in [7, 11) is 0. The number of Topliss-reactive ketones (excluding diaryl/α,β-unsaturated/α-hetero) is 1. The third-order valence-electron chi connectivity index (χ3n) is 3.15. The smallest absolute Gasteiger partial charge is 0.220 e. The molecule has 0 saturated carbocycles. The van der Waals surface area contributed by atoms with E-state index in [1.807, 2.05) is 6.92 Å². The molecule has 0 radical (unpaired) electrons. The van der Waals surface area contributed by atoms with Crippen LogP contribution in [0.2, 0.25) is 0 Å². The van der Waals surface area contributed by atoms with Crippen molar-refractivity contribution in [3.05, 3.63) is 0 Å². The summed E-state index contributed by atoms with van der Waals surface area (Å²) in [6, 6.07) is -0.295. The van der Waals surface area contributed by atoms with Crippen LogP contribution >= 0.6 is 0 Å². The van der Waals surface area contributed by atoms with Crippen LogP contribution in [0.4, 0.5) is 0 Å². The summed E-state index contributed by atoms with van der Waals surface area (Å²) in [5, 5.41) is 2.74. The molecule has 0 aromatic heterocycles. The first-order chi connectivity index (χ1) is 7.95. The maximum Gasteiger partial charge on any atom is 0.220 e. The number of hydrogen-bond donors (Lipinski definition) is 1. The Bertz CT molecular complexity index is 328. The largest absolute Gasteiger partial charge is 0.356 e. The molecule has 2 atom stereocenters. The van der Waals surface area contributed by atoms with Gasteiger partial charge in [0.15, 0.2) is 5.78 Å². The predicted octanol–water partition coefficient (Wildman–Crippen LogP) is 0.339. The highest BCUT2D eigenvalue weighted by Crippen LogP contribution is 2.24. The molecule has 1 aliphatic heterocycles. The molecule has 1 saturated heterocycles. The van der Waals surface area contributed by atoms with E-state index < -0.39 is 0 Å². The monoisotopic (exact) mass is 240 g/mol. The van der Waals surface area contributed by atoms with Gasteiger partial charge in [-0.05, 0) is 12.3 Å². The van der Waals surface area contributed by atoms with Gasteiger partial charge in [0.1, 0.15) is 0 Å². The summed E-state index contributed by atoms with van der Waals surface area (Å²) >= 11 is 0. The van der Waals surface area contributed by atoms with E-state index in [1.165, 1.54) is 13.8 Å². The Morgan fingerprint density at radius 3 is 2.41 bits per heavy atom. The van der Waals surface area contributed by atoms with Crippen molar-refractivity contribution >= 4 is 17.6 Å². The molecule has 1 aliphatic rings. The summed E-state index contributed by atoms with van der Waals surface area (Å²) < 4.78 is 0. The first kappa shape index (κ1) is 13.7. The fraction of sp³-hybridized carbons (Fsp3) is 0.750. The fourth-order valence-electron chi connectivity index (χ4n) is 2.25. The van der Waals surface area contributed by atoms with Crippen molar-refractivity contribution in [3.63, 3.8) is 0 Å². The van der Waals surface area contributed by atoms with Crippen LogP contribution in [0.25, 0.3) is 0 Å². The van der Waals surface area contributed by atoms with E-state index in [-0.39, 0.29) is 29.6 Å². The topological polar surface area (TPSA) is 66.5 Å². The Balaban J connectivity index is 2.62. The highest BCUT2D eigenvalue weighted by atomic mass is 16.2. The quantitative estimate of drug-likeness (QED) is 0.770. The van der Waals surface area contributed by atoms with Gasteiger partial charge in [-0.2, -0.15) is 0 Å². The Kier molecular flexibility index (Phi) is 4.66. The van der Waals surface area contributed by atoms with Crippen LogP contribution in [0.5, 0.6) is 0 Å². The van der Waals surface area contributed by atoms with E-state index in [2.05, 4.69) is 5.32 Å². The zero-order valence-electron chi connectivity index (χ0n) is 10.7. The number of ketones is 1. The van der Waals surface area contributed by atoms with Crippen molar-refractivity contribution in [2.75, 3.05) is 13.1 Å². The van der Waals surface area contributed by atoms with Crippen LogP contribution < -0.4 is 5.32 Å². The molecule has 1 N–H and O–H groups in total. The maximum atomic E-state index is 11.7. The number of nitrogens with one attached hydrogen (secondary N) is 1. The van der Waals surface area contributed by atoms with E-state index in [0.29, 0.717) is 25.9 Å². The molecule has 0 aromatic carbocycles. The molecule has 1 unspecified atom stereocenters. The Labute approximate surface area is 102 Å². The lowest BCUT2D eigenvalue weighted by molar-refractivity contribution is -0.135. The Hall–Kier alpha value is -1.39. The van der Waals surface area contributed by atoms with Gasteiger partial charge in [-0.3, -0.25) is 14.4 Å². The standard InChI is InChI=1S/C12H20N2O3/c1-4-12(17)11-5-10(6-13-8(2)15)7-14(11)9(3)16/h10-11H,4-7H2,1-3H3,(H,13,15)/t10?,11-/m0/s1. The number of likely N-dealkylation sites (tertiary alicyclic amines) is 1. The predicted molar refractivity (Wildman–Crippen MR) is 63.3 cm³/mol. The van der Waals surface area contributed by atoms with E-state index in [1.54, 1.807) is 4.90 Å². The van der Waals surface area contributed by atoms with E-state index >= 15 is 0 Å². The second kappa shape index (κ2) is 5.80. The minimum Gasteiger partial charge on any atom is -0.356 e. The van der Waals surface area contributed by atoms with E-state index in [0.717, 1.165) is 0 Å². The van der Waals surface area contributed by atoms with Crippen molar-refractivity contribution in [1.29, 1.82) is 0 Å². The second-order valence-electron chi connectivity index (χ2n) is 4.55. The molecule has 1 fully saturated rings. The van der Waals surface area contributed by atoms with Gasteiger partial charge in [0.05, 0.1) is 6.04 Å². The van der Waals surface area contributed by atoms with Crippen LogP contribution in [0.3, 0.4) is 0 Å². The minimum atomic E-state index is -0.295. The summed E-state index contributed by atoms with van der Waals surface area (Å²) in [6.07, 6.45) is 1.10. The van der Waals surface area contributed by atoms with E-state index in [4.69, 9.17) is 0 Å². The summed E-state index contributed by atoms with van der Waals surface area (Å²) in [4.78, 5) is 35.6. The minimum absolute atomic E-state index is 0.0675. The van der Waals surface area contributed by atoms with E-state index in [9.17, 15) is 14.4 Å². The highest BCUT2D eigenvalue weighted by molar-refractivity contribution is 5.88. The van der Waals surface area contributed by atoms with Gasteiger partial charge in [0.2, 0.25) is 11.8 Å². The number of nitrogens with zero attached hydrogens (tertiary/aromatic N) is 1. The molecule has 0 bridgehead atoms. The van der Waals surface area contributed by atoms with Crippen molar-refractivity contribution in [3.8, 4) is 0 Å². The summed E-state index contributed by atoms with van der Waals surface area (Å²) in [5.74, 6) is 0.139. The molecule has 96 valence electrons. The summed E-state index contributed by atoms with van der Waals surface area (Å²) in [6.45, 7) is 5.85. The van der Waals surface area contributed by atoms with Crippen LogP contribution in [0, 0.1) is 5.92 Å². The second-order valence-corrected chi connectivity index (χ2v) is 4.55. The molecule has 0 aromatic rings. The summed E-state index contributed by atoms with van der Waals surface area (Å²) in [5.41, 5.74) is 0. The zero-order valence-corrected chi connectivity index (χ0v) is 10.7. The molecule has 5 nitrogen and oxygen atoms in total.